The highest BCUT2D eigenvalue weighted by atomic mass is 35.5. The molecule has 0 saturated carbocycles. The number of halogens is 2. The largest absolute Gasteiger partial charge is 0.361 e. The number of amides is 1. The third kappa shape index (κ3) is 7.36. The molecular formula is C20H24Cl2N4O2S. The molecule has 0 atom stereocenters. The van der Waals surface area contributed by atoms with Crippen LogP contribution in [0.5, 0.6) is 0 Å². The molecular weight excluding hydrogens is 431 g/mol. The van der Waals surface area contributed by atoms with Crippen molar-refractivity contribution in [2.75, 3.05) is 11.9 Å². The molecule has 6 nitrogen and oxygen atoms in total. The zero-order valence-corrected chi connectivity index (χ0v) is 18.6. The summed E-state index contributed by atoms with van der Waals surface area (Å²) >= 11 is 1.46. The van der Waals surface area contributed by atoms with Crippen LogP contribution >= 0.6 is 36.6 Å². The van der Waals surface area contributed by atoms with E-state index in [2.05, 4.69) is 27.7 Å². The maximum absolute atomic E-state index is 12.8. The average molecular weight is 455 g/mol. The monoisotopic (exact) mass is 454 g/mol. The fourth-order valence-electron chi connectivity index (χ4n) is 2.53. The molecule has 0 aliphatic heterocycles. The summed E-state index contributed by atoms with van der Waals surface area (Å²) in [5, 5.41) is 10.9. The number of benzene rings is 1. The molecule has 3 rings (SSSR count). The standard InChI is InChI=1S/C20H22N4O2S.2ClH/c1-3-21-12-15-6-4-7-16(11-15)23-19(25)18-8-5-9-22-20(18)27-13-17-10-14(2)26-24-17;;/h4-11,21H,3,12-13H2,1-2H3,(H,23,25);2*1H. The van der Waals surface area contributed by atoms with Gasteiger partial charge in [-0.25, -0.2) is 4.98 Å². The highest BCUT2D eigenvalue weighted by molar-refractivity contribution is 7.98. The van der Waals surface area contributed by atoms with Crippen LogP contribution in [0, 0.1) is 6.92 Å². The number of thioether (sulfide) groups is 1. The van der Waals surface area contributed by atoms with Crippen molar-refractivity contribution in [2.24, 2.45) is 0 Å². The Morgan fingerprint density at radius 1 is 1.17 bits per heavy atom. The predicted octanol–water partition coefficient (Wildman–Crippen LogP) is 4.88. The van der Waals surface area contributed by atoms with E-state index in [1.165, 1.54) is 11.8 Å². The number of hydrogen-bond acceptors (Lipinski definition) is 6. The minimum absolute atomic E-state index is 0. The molecule has 0 aliphatic carbocycles. The number of hydrogen-bond donors (Lipinski definition) is 2. The first-order valence-corrected chi connectivity index (χ1v) is 9.75. The van der Waals surface area contributed by atoms with Gasteiger partial charge in [0, 0.05) is 30.2 Å². The van der Waals surface area contributed by atoms with Crippen LogP contribution in [0.25, 0.3) is 0 Å². The molecule has 2 aromatic heterocycles. The summed E-state index contributed by atoms with van der Waals surface area (Å²) < 4.78 is 5.08. The van der Waals surface area contributed by atoms with Gasteiger partial charge in [-0.05, 0) is 43.3 Å². The number of nitrogens with zero attached hydrogens (tertiary/aromatic N) is 2. The third-order valence-electron chi connectivity index (χ3n) is 3.81. The lowest BCUT2D eigenvalue weighted by atomic mass is 10.2. The molecule has 3 aromatic rings. The molecule has 2 heterocycles. The number of rotatable bonds is 8. The number of carbonyl (C=O) groups excluding carboxylic acids is 1. The number of pyridine rings is 1. The number of nitrogens with one attached hydrogen (secondary N) is 2. The van der Waals surface area contributed by atoms with Crippen LogP contribution in [-0.4, -0.2) is 22.6 Å². The molecule has 9 heteroatoms. The first-order chi connectivity index (χ1) is 13.2. The maximum atomic E-state index is 12.8. The Hall–Kier alpha value is -2.06. The lowest BCUT2D eigenvalue weighted by Gasteiger charge is -2.10. The summed E-state index contributed by atoms with van der Waals surface area (Å²) in [6.07, 6.45) is 1.68. The fraction of sp³-hybridized carbons (Fsp3) is 0.250. The van der Waals surface area contributed by atoms with E-state index >= 15 is 0 Å². The summed E-state index contributed by atoms with van der Waals surface area (Å²) in [4.78, 5) is 17.1. The average Bonchev–Trinajstić information content (AvgIpc) is 3.10. The number of aromatic nitrogens is 2. The van der Waals surface area contributed by atoms with Crippen LogP contribution < -0.4 is 10.6 Å². The molecule has 0 bridgehead atoms. The molecule has 0 unspecified atom stereocenters. The van der Waals surface area contributed by atoms with Gasteiger partial charge in [-0.15, -0.1) is 24.8 Å². The molecule has 1 aromatic carbocycles. The molecule has 0 fully saturated rings. The normalized spacial score (nSPS) is 10.0. The van der Waals surface area contributed by atoms with E-state index < -0.39 is 0 Å². The van der Waals surface area contributed by atoms with Gasteiger partial charge in [0.15, 0.2) is 0 Å². The van der Waals surface area contributed by atoms with Gasteiger partial charge in [0.05, 0.1) is 11.3 Å². The summed E-state index contributed by atoms with van der Waals surface area (Å²) in [5.41, 5.74) is 3.25. The first-order valence-electron chi connectivity index (χ1n) is 8.76. The van der Waals surface area contributed by atoms with E-state index in [0.717, 1.165) is 35.8 Å². The van der Waals surface area contributed by atoms with Gasteiger partial charge in [-0.1, -0.05) is 36.0 Å². The van der Waals surface area contributed by atoms with Crippen LogP contribution in [0.2, 0.25) is 0 Å². The topological polar surface area (TPSA) is 80.0 Å². The Bertz CT molecular complexity index is 921. The maximum Gasteiger partial charge on any atom is 0.258 e. The number of carbonyl (C=O) groups is 1. The lowest BCUT2D eigenvalue weighted by Crippen LogP contribution is -2.15. The van der Waals surface area contributed by atoms with E-state index in [4.69, 9.17) is 4.52 Å². The van der Waals surface area contributed by atoms with Gasteiger partial charge >= 0.3 is 0 Å². The van der Waals surface area contributed by atoms with Crippen LogP contribution in [0.4, 0.5) is 5.69 Å². The summed E-state index contributed by atoms with van der Waals surface area (Å²) in [5.74, 6) is 1.18. The smallest absolute Gasteiger partial charge is 0.258 e. The van der Waals surface area contributed by atoms with Crippen LogP contribution in [0.3, 0.4) is 0 Å². The molecule has 156 valence electrons. The predicted molar refractivity (Wildman–Crippen MR) is 121 cm³/mol. The van der Waals surface area contributed by atoms with E-state index in [-0.39, 0.29) is 30.7 Å². The van der Waals surface area contributed by atoms with Gasteiger partial charge in [-0.2, -0.15) is 0 Å². The molecule has 1 amide bonds. The van der Waals surface area contributed by atoms with Gasteiger partial charge in [0.2, 0.25) is 0 Å². The number of anilines is 1. The van der Waals surface area contributed by atoms with E-state index in [0.29, 0.717) is 16.3 Å². The Balaban J connectivity index is 0.00000210. The van der Waals surface area contributed by atoms with E-state index in [1.54, 1.807) is 18.3 Å². The molecule has 2 N–H and O–H groups in total. The van der Waals surface area contributed by atoms with Crippen molar-refractivity contribution in [3.05, 3.63) is 71.2 Å². The van der Waals surface area contributed by atoms with Gasteiger partial charge < -0.3 is 15.2 Å². The summed E-state index contributed by atoms with van der Waals surface area (Å²) in [7, 11) is 0. The van der Waals surface area contributed by atoms with Crippen molar-refractivity contribution < 1.29 is 9.32 Å². The van der Waals surface area contributed by atoms with Gasteiger partial charge in [0.1, 0.15) is 10.8 Å². The Morgan fingerprint density at radius 2 is 2.00 bits per heavy atom. The Kier molecular flexibility index (Phi) is 10.8. The third-order valence-corrected chi connectivity index (χ3v) is 4.85. The second-order valence-electron chi connectivity index (χ2n) is 6.01. The minimum Gasteiger partial charge on any atom is -0.361 e. The van der Waals surface area contributed by atoms with Crippen molar-refractivity contribution >= 4 is 48.2 Å². The van der Waals surface area contributed by atoms with E-state index in [9.17, 15) is 4.79 Å². The van der Waals surface area contributed by atoms with Crippen LogP contribution in [0.1, 0.15) is 34.3 Å². The molecule has 29 heavy (non-hydrogen) atoms. The zero-order valence-electron chi connectivity index (χ0n) is 16.2. The fourth-order valence-corrected chi connectivity index (χ4v) is 3.41. The zero-order chi connectivity index (χ0) is 19.1. The second kappa shape index (κ2) is 12.5. The molecule has 0 spiro atoms. The van der Waals surface area contributed by atoms with Crippen molar-refractivity contribution in [1.29, 1.82) is 0 Å². The van der Waals surface area contributed by atoms with Crippen molar-refractivity contribution in [3.63, 3.8) is 0 Å². The van der Waals surface area contributed by atoms with Crippen molar-refractivity contribution in [3.8, 4) is 0 Å². The summed E-state index contributed by atoms with van der Waals surface area (Å²) in [6, 6.07) is 13.3. The second-order valence-corrected chi connectivity index (χ2v) is 6.97. The van der Waals surface area contributed by atoms with Gasteiger partial charge in [0.25, 0.3) is 5.91 Å². The molecule has 0 saturated heterocycles. The Labute approximate surface area is 187 Å². The summed E-state index contributed by atoms with van der Waals surface area (Å²) in [6.45, 7) is 5.59. The lowest BCUT2D eigenvalue weighted by molar-refractivity contribution is 0.102. The SMILES string of the molecule is CCNCc1cccc(NC(=O)c2cccnc2SCc2cc(C)on2)c1.Cl.Cl. The number of aryl methyl sites for hydroxylation is 1. The quantitative estimate of drug-likeness (QED) is 0.472. The Morgan fingerprint density at radius 3 is 2.72 bits per heavy atom. The van der Waals surface area contributed by atoms with Crippen LogP contribution in [-0.2, 0) is 12.3 Å². The van der Waals surface area contributed by atoms with E-state index in [1.807, 2.05) is 37.3 Å². The highest BCUT2D eigenvalue weighted by Gasteiger charge is 2.14. The molecule has 0 aliphatic rings. The van der Waals surface area contributed by atoms with Crippen molar-refractivity contribution in [1.82, 2.24) is 15.5 Å². The van der Waals surface area contributed by atoms with Crippen LogP contribution in [0.15, 0.2) is 58.2 Å². The minimum atomic E-state index is -0.178. The first kappa shape index (κ1) is 25.0. The van der Waals surface area contributed by atoms with Crippen molar-refractivity contribution in [2.45, 2.75) is 31.2 Å². The highest BCUT2D eigenvalue weighted by Crippen LogP contribution is 2.25. The van der Waals surface area contributed by atoms with Gasteiger partial charge in [-0.3, -0.25) is 4.79 Å². The molecule has 0 radical (unpaired) electrons.